The number of nitrogens with zero attached hydrogens (tertiary/aromatic N) is 1. The second kappa shape index (κ2) is 6.45. The van der Waals surface area contributed by atoms with Crippen molar-refractivity contribution in [3.8, 4) is 0 Å². The van der Waals surface area contributed by atoms with Crippen molar-refractivity contribution in [1.82, 2.24) is 4.98 Å². The molecular weight excluding hydrogens is 314 g/mol. The highest BCUT2D eigenvalue weighted by atomic mass is 32.1. The second-order valence-electron chi connectivity index (χ2n) is 4.82. The van der Waals surface area contributed by atoms with Gasteiger partial charge in [0.15, 0.2) is 5.13 Å². The molecule has 0 aliphatic carbocycles. The van der Waals surface area contributed by atoms with Crippen molar-refractivity contribution in [1.29, 1.82) is 0 Å². The Labute approximate surface area is 135 Å². The number of anilines is 2. The second-order valence-corrected chi connectivity index (χ2v) is 5.68. The molecule has 2 aromatic carbocycles. The summed E-state index contributed by atoms with van der Waals surface area (Å²) in [6.45, 7) is 0. The van der Waals surface area contributed by atoms with E-state index < -0.39 is 12.0 Å². The first-order chi connectivity index (χ1) is 11.1. The molecule has 0 saturated heterocycles. The summed E-state index contributed by atoms with van der Waals surface area (Å²) in [6, 6.07) is 13.0. The van der Waals surface area contributed by atoms with Crippen LogP contribution >= 0.6 is 11.3 Å². The third kappa shape index (κ3) is 3.64. The third-order valence-corrected chi connectivity index (χ3v) is 3.95. The SMILES string of the molecule is O=C(O)Cc1csc(NC(=O)Nc2cccc3ccccc23)n1. The van der Waals surface area contributed by atoms with Crippen LogP contribution in [0, 0.1) is 0 Å². The first kappa shape index (κ1) is 15.0. The van der Waals surface area contributed by atoms with E-state index in [1.807, 2.05) is 42.5 Å². The number of thiazole rings is 1. The van der Waals surface area contributed by atoms with E-state index in [0.29, 0.717) is 16.5 Å². The fraction of sp³-hybridized carbons (Fsp3) is 0.0625. The largest absolute Gasteiger partial charge is 0.481 e. The highest BCUT2D eigenvalue weighted by Gasteiger charge is 2.10. The summed E-state index contributed by atoms with van der Waals surface area (Å²) in [5.74, 6) is -0.956. The lowest BCUT2D eigenvalue weighted by Crippen LogP contribution is -2.19. The number of aliphatic carboxylic acids is 1. The fourth-order valence-corrected chi connectivity index (χ4v) is 2.89. The topological polar surface area (TPSA) is 91.3 Å². The molecule has 3 aromatic rings. The molecule has 1 heterocycles. The van der Waals surface area contributed by atoms with Crippen LogP contribution in [0.2, 0.25) is 0 Å². The number of hydrogen-bond donors (Lipinski definition) is 3. The number of fused-ring (bicyclic) bond motifs is 1. The lowest BCUT2D eigenvalue weighted by molar-refractivity contribution is -0.136. The Morgan fingerprint density at radius 1 is 1.09 bits per heavy atom. The monoisotopic (exact) mass is 327 g/mol. The van der Waals surface area contributed by atoms with Crippen LogP contribution in [-0.4, -0.2) is 22.1 Å². The van der Waals surface area contributed by atoms with Gasteiger partial charge >= 0.3 is 12.0 Å². The van der Waals surface area contributed by atoms with Crippen molar-refractivity contribution < 1.29 is 14.7 Å². The third-order valence-electron chi connectivity index (χ3n) is 3.14. The van der Waals surface area contributed by atoms with Crippen molar-refractivity contribution in [3.63, 3.8) is 0 Å². The quantitative estimate of drug-likeness (QED) is 0.683. The first-order valence-electron chi connectivity index (χ1n) is 6.84. The van der Waals surface area contributed by atoms with Crippen LogP contribution < -0.4 is 10.6 Å². The van der Waals surface area contributed by atoms with Gasteiger partial charge in [0, 0.05) is 10.8 Å². The minimum Gasteiger partial charge on any atom is -0.481 e. The minimum atomic E-state index is -0.956. The minimum absolute atomic E-state index is 0.164. The normalized spacial score (nSPS) is 10.4. The molecule has 1 aromatic heterocycles. The highest BCUT2D eigenvalue weighted by Crippen LogP contribution is 2.23. The number of benzene rings is 2. The van der Waals surface area contributed by atoms with Gasteiger partial charge in [-0.3, -0.25) is 10.1 Å². The molecule has 0 radical (unpaired) electrons. The average Bonchev–Trinajstić information content (AvgIpc) is 2.93. The Morgan fingerprint density at radius 3 is 2.70 bits per heavy atom. The molecule has 2 amide bonds. The van der Waals surface area contributed by atoms with Crippen molar-refractivity contribution in [2.75, 3.05) is 10.6 Å². The lowest BCUT2D eigenvalue weighted by atomic mass is 10.1. The van der Waals surface area contributed by atoms with E-state index in [9.17, 15) is 9.59 Å². The molecule has 0 bridgehead atoms. The van der Waals surface area contributed by atoms with Crippen molar-refractivity contribution in [2.24, 2.45) is 0 Å². The Bertz CT molecular complexity index is 870. The van der Waals surface area contributed by atoms with Crippen LogP contribution in [0.25, 0.3) is 10.8 Å². The van der Waals surface area contributed by atoms with Crippen molar-refractivity contribution in [3.05, 3.63) is 53.5 Å². The van der Waals surface area contributed by atoms with Gasteiger partial charge in [0.05, 0.1) is 17.8 Å². The summed E-state index contributed by atoms with van der Waals surface area (Å²) in [4.78, 5) is 26.8. The summed E-state index contributed by atoms with van der Waals surface area (Å²) in [5, 5.41) is 18.1. The zero-order valence-electron chi connectivity index (χ0n) is 11.9. The molecule has 116 valence electrons. The van der Waals surface area contributed by atoms with Gasteiger partial charge in [0.25, 0.3) is 0 Å². The van der Waals surface area contributed by atoms with E-state index >= 15 is 0 Å². The van der Waals surface area contributed by atoms with Gasteiger partial charge in [-0.05, 0) is 11.5 Å². The smallest absolute Gasteiger partial charge is 0.325 e. The zero-order chi connectivity index (χ0) is 16.2. The number of hydrogen-bond acceptors (Lipinski definition) is 4. The van der Waals surface area contributed by atoms with E-state index in [1.165, 1.54) is 11.3 Å². The molecule has 0 aliphatic rings. The molecule has 0 spiro atoms. The summed E-state index contributed by atoms with van der Waals surface area (Å²) < 4.78 is 0. The van der Waals surface area contributed by atoms with Crippen LogP contribution in [0.1, 0.15) is 5.69 Å². The van der Waals surface area contributed by atoms with Crippen LogP contribution in [0.5, 0.6) is 0 Å². The number of aromatic nitrogens is 1. The highest BCUT2D eigenvalue weighted by molar-refractivity contribution is 7.14. The molecule has 0 saturated carbocycles. The first-order valence-corrected chi connectivity index (χ1v) is 7.72. The van der Waals surface area contributed by atoms with E-state index in [2.05, 4.69) is 15.6 Å². The molecule has 0 atom stereocenters. The van der Waals surface area contributed by atoms with Gasteiger partial charge in [0.1, 0.15) is 0 Å². The molecule has 3 N–H and O–H groups in total. The molecule has 6 nitrogen and oxygen atoms in total. The number of rotatable bonds is 4. The van der Waals surface area contributed by atoms with Gasteiger partial charge < -0.3 is 10.4 Å². The maximum absolute atomic E-state index is 12.1. The van der Waals surface area contributed by atoms with E-state index in [-0.39, 0.29) is 6.42 Å². The van der Waals surface area contributed by atoms with Crippen LogP contribution in [0.15, 0.2) is 47.8 Å². The predicted octanol–water partition coefficient (Wildman–Crippen LogP) is 3.57. The number of carbonyl (C=O) groups excluding carboxylic acids is 1. The van der Waals surface area contributed by atoms with Gasteiger partial charge in [-0.2, -0.15) is 0 Å². The van der Waals surface area contributed by atoms with Gasteiger partial charge in [-0.15, -0.1) is 11.3 Å². The summed E-state index contributed by atoms with van der Waals surface area (Å²) in [5.41, 5.74) is 1.12. The standard InChI is InChI=1S/C16H13N3O3S/c20-14(21)8-11-9-23-16(17-11)19-15(22)18-13-7-3-5-10-4-1-2-6-12(10)13/h1-7,9H,8H2,(H,20,21)(H2,17,18,19,22). The summed E-state index contributed by atoms with van der Waals surface area (Å²) >= 11 is 1.19. The number of nitrogens with one attached hydrogen (secondary N) is 2. The molecule has 3 rings (SSSR count). The van der Waals surface area contributed by atoms with E-state index in [4.69, 9.17) is 5.11 Å². The van der Waals surface area contributed by atoms with Gasteiger partial charge in [-0.1, -0.05) is 36.4 Å². The van der Waals surface area contributed by atoms with Crippen molar-refractivity contribution >= 4 is 44.9 Å². The fourth-order valence-electron chi connectivity index (χ4n) is 2.19. The molecule has 0 aliphatic heterocycles. The molecular formula is C16H13N3O3S. The summed E-state index contributed by atoms with van der Waals surface area (Å²) in [6.07, 6.45) is -0.164. The van der Waals surface area contributed by atoms with Crippen LogP contribution in [0.4, 0.5) is 15.6 Å². The molecule has 0 fully saturated rings. The number of amides is 2. The Hall–Kier alpha value is -2.93. The Balaban J connectivity index is 1.71. The van der Waals surface area contributed by atoms with E-state index in [0.717, 1.165) is 10.8 Å². The van der Waals surface area contributed by atoms with Crippen LogP contribution in [-0.2, 0) is 11.2 Å². The van der Waals surface area contributed by atoms with Crippen molar-refractivity contribution in [2.45, 2.75) is 6.42 Å². The number of carboxylic acid groups (broad SMARTS) is 1. The molecule has 7 heteroatoms. The number of carboxylic acids is 1. The Kier molecular flexibility index (Phi) is 4.20. The predicted molar refractivity (Wildman–Crippen MR) is 90.0 cm³/mol. The zero-order valence-corrected chi connectivity index (χ0v) is 12.8. The maximum Gasteiger partial charge on any atom is 0.325 e. The molecule has 0 unspecified atom stereocenters. The lowest BCUT2D eigenvalue weighted by Gasteiger charge is -2.08. The Morgan fingerprint density at radius 2 is 1.87 bits per heavy atom. The van der Waals surface area contributed by atoms with Gasteiger partial charge in [-0.25, -0.2) is 9.78 Å². The summed E-state index contributed by atoms with van der Waals surface area (Å²) in [7, 11) is 0. The number of carbonyl (C=O) groups is 2. The average molecular weight is 327 g/mol. The van der Waals surface area contributed by atoms with Gasteiger partial charge in [0.2, 0.25) is 0 Å². The molecule has 23 heavy (non-hydrogen) atoms. The van der Waals surface area contributed by atoms with Crippen LogP contribution in [0.3, 0.4) is 0 Å². The number of urea groups is 1. The van der Waals surface area contributed by atoms with E-state index in [1.54, 1.807) is 5.38 Å². The maximum atomic E-state index is 12.1.